The number of H-pyrrole nitrogens is 1. The minimum Gasteiger partial charge on any atom is -0.309 e. The molecule has 0 aliphatic carbocycles. The molecule has 0 spiro atoms. The highest BCUT2D eigenvalue weighted by Gasteiger charge is 2.34. The number of nitrogens with one attached hydrogen (secondary N) is 2. The lowest BCUT2D eigenvalue weighted by Gasteiger charge is -2.41. The zero-order valence-corrected chi connectivity index (χ0v) is 14.6. The third kappa shape index (κ3) is 3.60. The summed E-state index contributed by atoms with van der Waals surface area (Å²) in [6, 6.07) is 5.47. The zero-order chi connectivity index (χ0) is 17.1. The van der Waals surface area contributed by atoms with E-state index in [9.17, 15) is 4.79 Å². The summed E-state index contributed by atoms with van der Waals surface area (Å²) in [5.74, 6) is 0.832. The van der Waals surface area contributed by atoms with Crippen molar-refractivity contribution in [2.45, 2.75) is 44.7 Å². The third-order valence-corrected chi connectivity index (χ3v) is 5.04. The van der Waals surface area contributed by atoms with Gasteiger partial charge in [0.15, 0.2) is 0 Å². The summed E-state index contributed by atoms with van der Waals surface area (Å²) in [7, 11) is 0. The number of halogens is 1. The second-order valence-corrected chi connectivity index (χ2v) is 6.70. The van der Waals surface area contributed by atoms with E-state index in [0.29, 0.717) is 16.8 Å². The number of hydrogen-bond acceptors (Lipinski definition) is 4. The molecule has 0 bridgehead atoms. The molecule has 1 aliphatic rings. The van der Waals surface area contributed by atoms with Gasteiger partial charge < -0.3 is 5.32 Å². The number of pyridine rings is 1. The molecule has 1 saturated heterocycles. The first kappa shape index (κ1) is 16.9. The quantitative estimate of drug-likeness (QED) is 0.891. The topological polar surface area (TPSA) is 73.9 Å². The van der Waals surface area contributed by atoms with E-state index in [0.717, 1.165) is 25.1 Å². The number of rotatable bonds is 4. The van der Waals surface area contributed by atoms with Crippen LogP contribution in [0.3, 0.4) is 0 Å². The Kier molecular flexibility index (Phi) is 5.16. The maximum absolute atomic E-state index is 12.6. The van der Waals surface area contributed by atoms with Crippen LogP contribution >= 0.6 is 11.6 Å². The number of aromatic amines is 1. The molecule has 2 aromatic rings. The third-order valence-electron chi connectivity index (χ3n) is 4.81. The van der Waals surface area contributed by atoms with E-state index in [1.54, 1.807) is 18.3 Å². The number of amides is 1. The van der Waals surface area contributed by atoms with Gasteiger partial charge in [0.2, 0.25) is 5.91 Å². The van der Waals surface area contributed by atoms with Crippen molar-refractivity contribution in [1.82, 2.24) is 20.1 Å². The van der Waals surface area contributed by atoms with Crippen LogP contribution in [0.1, 0.15) is 38.3 Å². The average Bonchev–Trinajstić information content (AvgIpc) is 3.11. The Morgan fingerprint density at radius 3 is 2.96 bits per heavy atom. The number of likely N-dealkylation sites (tertiary alicyclic amines) is 1. The van der Waals surface area contributed by atoms with Crippen molar-refractivity contribution in [3.05, 3.63) is 41.3 Å². The van der Waals surface area contributed by atoms with E-state index in [-0.39, 0.29) is 18.0 Å². The maximum Gasteiger partial charge on any atom is 0.242 e. The molecule has 0 aromatic carbocycles. The molecular weight excluding hydrogens is 326 g/mol. The van der Waals surface area contributed by atoms with Crippen LogP contribution in [0.2, 0.25) is 5.02 Å². The number of piperidine rings is 1. The molecule has 1 fully saturated rings. The zero-order valence-electron chi connectivity index (χ0n) is 13.9. The first-order chi connectivity index (χ1) is 11.6. The Balaban J connectivity index is 1.67. The van der Waals surface area contributed by atoms with Crippen molar-refractivity contribution in [2.75, 3.05) is 11.9 Å². The Morgan fingerprint density at radius 1 is 1.46 bits per heavy atom. The van der Waals surface area contributed by atoms with Crippen molar-refractivity contribution < 1.29 is 4.79 Å². The van der Waals surface area contributed by atoms with Crippen LogP contribution in [0.5, 0.6) is 0 Å². The van der Waals surface area contributed by atoms with Crippen LogP contribution < -0.4 is 5.32 Å². The van der Waals surface area contributed by atoms with E-state index in [4.69, 9.17) is 11.6 Å². The van der Waals surface area contributed by atoms with Crippen molar-refractivity contribution in [3.63, 3.8) is 0 Å². The number of nitrogens with zero attached hydrogens (tertiary/aromatic N) is 3. The number of carbonyl (C=O) groups excluding carboxylic acids is 1. The maximum atomic E-state index is 12.6. The van der Waals surface area contributed by atoms with Gasteiger partial charge in [0.25, 0.3) is 0 Å². The number of hydrogen-bond donors (Lipinski definition) is 2. The fourth-order valence-electron chi connectivity index (χ4n) is 3.44. The summed E-state index contributed by atoms with van der Waals surface area (Å²) in [6.45, 7) is 5.03. The first-order valence-electron chi connectivity index (χ1n) is 8.23. The molecule has 1 aliphatic heterocycles. The van der Waals surface area contributed by atoms with Crippen molar-refractivity contribution in [2.24, 2.45) is 0 Å². The number of carbonyl (C=O) groups is 1. The van der Waals surface area contributed by atoms with Gasteiger partial charge in [0, 0.05) is 30.0 Å². The van der Waals surface area contributed by atoms with Crippen LogP contribution in [0.25, 0.3) is 0 Å². The van der Waals surface area contributed by atoms with Gasteiger partial charge in [-0.15, -0.1) is 0 Å². The average molecular weight is 348 g/mol. The second kappa shape index (κ2) is 7.32. The molecular formula is C17H22ClN5O. The molecule has 3 atom stereocenters. The highest BCUT2D eigenvalue weighted by molar-refractivity contribution is 6.30. The van der Waals surface area contributed by atoms with Gasteiger partial charge in [-0.1, -0.05) is 11.6 Å². The lowest BCUT2D eigenvalue weighted by atomic mass is 9.86. The van der Waals surface area contributed by atoms with Gasteiger partial charge in [-0.25, -0.2) is 4.98 Å². The minimum absolute atomic E-state index is 0.0538. The van der Waals surface area contributed by atoms with Crippen LogP contribution in [0.4, 0.5) is 5.82 Å². The van der Waals surface area contributed by atoms with Gasteiger partial charge in [0.05, 0.1) is 11.1 Å². The molecule has 7 heteroatoms. The second-order valence-electron chi connectivity index (χ2n) is 6.27. The summed E-state index contributed by atoms with van der Waals surface area (Å²) in [5, 5.41) is 10.5. The molecule has 6 nitrogen and oxygen atoms in total. The van der Waals surface area contributed by atoms with Crippen LogP contribution in [0, 0.1) is 0 Å². The Hall–Kier alpha value is -1.92. The van der Waals surface area contributed by atoms with Gasteiger partial charge >= 0.3 is 0 Å². The summed E-state index contributed by atoms with van der Waals surface area (Å²) < 4.78 is 0. The monoisotopic (exact) mass is 347 g/mol. The summed E-state index contributed by atoms with van der Waals surface area (Å²) in [5.41, 5.74) is 1.14. The SMILES string of the molecule is C[C@@H](C(=O)Nc1ccc(Cl)cn1)N1CCC[C@@H](c2ccn[nH]2)[C@@H]1C. The van der Waals surface area contributed by atoms with Gasteiger partial charge in [0.1, 0.15) is 5.82 Å². The predicted molar refractivity (Wildman–Crippen MR) is 94.1 cm³/mol. The fourth-order valence-corrected chi connectivity index (χ4v) is 3.55. The summed E-state index contributed by atoms with van der Waals surface area (Å²) in [6.07, 6.45) is 5.47. The standard InChI is InChI=1S/C17H22ClN5O/c1-11-14(15-7-8-20-22-15)4-3-9-23(11)12(2)17(24)21-16-6-5-13(18)10-19-16/h5-8,10-12,14H,3-4,9H2,1-2H3,(H,20,22)(H,19,21,24)/t11-,12-,14+/m0/s1. The normalized spacial score (nSPS) is 23.0. The molecule has 3 heterocycles. The number of anilines is 1. The molecule has 128 valence electrons. The van der Waals surface area contributed by atoms with E-state index in [1.807, 2.05) is 13.0 Å². The number of aromatic nitrogens is 3. The molecule has 0 saturated carbocycles. The summed E-state index contributed by atoms with van der Waals surface area (Å²) in [4.78, 5) is 19.0. The molecule has 1 amide bonds. The van der Waals surface area contributed by atoms with Gasteiger partial charge in [-0.3, -0.25) is 14.8 Å². The van der Waals surface area contributed by atoms with Crippen LogP contribution in [-0.4, -0.2) is 44.6 Å². The van der Waals surface area contributed by atoms with Crippen molar-refractivity contribution >= 4 is 23.3 Å². The summed E-state index contributed by atoms with van der Waals surface area (Å²) >= 11 is 5.82. The van der Waals surface area contributed by atoms with Crippen LogP contribution in [0.15, 0.2) is 30.6 Å². The van der Waals surface area contributed by atoms with Crippen LogP contribution in [-0.2, 0) is 4.79 Å². The molecule has 2 aromatic heterocycles. The Bertz CT molecular complexity index is 673. The smallest absolute Gasteiger partial charge is 0.242 e. The largest absolute Gasteiger partial charge is 0.309 e. The van der Waals surface area contributed by atoms with Crippen molar-refractivity contribution in [1.29, 1.82) is 0 Å². The fraction of sp³-hybridized carbons (Fsp3) is 0.471. The lowest BCUT2D eigenvalue weighted by Crippen LogP contribution is -2.51. The molecule has 2 N–H and O–H groups in total. The predicted octanol–water partition coefficient (Wildman–Crippen LogP) is 3.05. The highest BCUT2D eigenvalue weighted by Crippen LogP contribution is 2.32. The van der Waals surface area contributed by atoms with Gasteiger partial charge in [-0.2, -0.15) is 5.10 Å². The van der Waals surface area contributed by atoms with Crippen molar-refractivity contribution in [3.8, 4) is 0 Å². The lowest BCUT2D eigenvalue weighted by molar-refractivity contribution is -0.122. The minimum atomic E-state index is -0.233. The highest BCUT2D eigenvalue weighted by atomic mass is 35.5. The van der Waals surface area contributed by atoms with E-state index >= 15 is 0 Å². The molecule has 24 heavy (non-hydrogen) atoms. The molecule has 0 unspecified atom stereocenters. The first-order valence-corrected chi connectivity index (χ1v) is 8.61. The van der Waals surface area contributed by atoms with Gasteiger partial charge in [-0.05, 0) is 51.4 Å². The molecule has 0 radical (unpaired) electrons. The van der Waals surface area contributed by atoms with E-state index < -0.39 is 0 Å². The molecule has 3 rings (SSSR count). The van der Waals surface area contributed by atoms with E-state index in [1.165, 1.54) is 6.20 Å². The Labute approximate surface area is 146 Å². The Morgan fingerprint density at radius 2 is 2.29 bits per heavy atom. The van der Waals surface area contributed by atoms with E-state index in [2.05, 4.69) is 32.3 Å².